The first-order chi connectivity index (χ1) is 12.4. The van der Waals surface area contributed by atoms with E-state index in [9.17, 15) is 9.59 Å². The minimum absolute atomic E-state index is 0.132. The van der Waals surface area contributed by atoms with Crippen LogP contribution in [0, 0.1) is 12.8 Å². The molecule has 26 heavy (non-hydrogen) atoms. The molecule has 1 aliphatic carbocycles. The van der Waals surface area contributed by atoms with E-state index >= 15 is 0 Å². The third-order valence-corrected chi connectivity index (χ3v) is 7.04. The quantitative estimate of drug-likeness (QED) is 0.675. The second-order valence-corrected chi connectivity index (χ2v) is 8.96. The highest BCUT2D eigenvalue weighted by atomic mass is 32.1. The highest BCUT2D eigenvalue weighted by Crippen LogP contribution is 2.36. The first-order valence-corrected chi connectivity index (χ1v) is 10.4. The lowest BCUT2D eigenvalue weighted by molar-refractivity contribution is 0.0325. The van der Waals surface area contributed by atoms with E-state index in [-0.39, 0.29) is 11.5 Å². The number of hydrogen-bond donors (Lipinski definition) is 1. The van der Waals surface area contributed by atoms with Crippen molar-refractivity contribution in [1.29, 1.82) is 0 Å². The van der Waals surface area contributed by atoms with Crippen LogP contribution in [0.5, 0.6) is 0 Å². The fourth-order valence-electron chi connectivity index (χ4n) is 3.41. The molecule has 1 aliphatic rings. The lowest BCUT2D eigenvalue weighted by Crippen LogP contribution is -2.18. The molecule has 0 spiro atoms. The number of rotatable bonds is 3. The summed E-state index contributed by atoms with van der Waals surface area (Å²) < 4.78 is 5.53. The summed E-state index contributed by atoms with van der Waals surface area (Å²) in [5.74, 6) is 0.659. The average Bonchev–Trinajstić information content (AvgIpc) is 3.17. The highest BCUT2D eigenvalue weighted by Gasteiger charge is 2.25. The molecule has 2 atom stereocenters. The molecule has 4 rings (SSSR count). The Morgan fingerprint density at radius 2 is 2.27 bits per heavy atom. The van der Waals surface area contributed by atoms with Gasteiger partial charge in [0.25, 0.3) is 5.56 Å². The Hall–Kier alpha value is -1.99. The zero-order chi connectivity index (χ0) is 18.4. The highest BCUT2D eigenvalue weighted by molar-refractivity contribution is 7.18. The minimum atomic E-state index is -0.612. The SMILES string of the molecule is Cc1ccsc1C(=O)O[C@@H](C)c1nc2sc3c(c2c(=O)[nH]1)CC[C@@H](C)C3. The summed E-state index contributed by atoms with van der Waals surface area (Å²) in [7, 11) is 0. The molecule has 7 heteroatoms. The fraction of sp³-hybridized carbons (Fsp3) is 0.421. The van der Waals surface area contributed by atoms with Crippen molar-refractivity contribution in [2.75, 3.05) is 0 Å². The van der Waals surface area contributed by atoms with Gasteiger partial charge in [0, 0.05) is 4.88 Å². The van der Waals surface area contributed by atoms with Gasteiger partial charge >= 0.3 is 5.97 Å². The number of H-pyrrole nitrogens is 1. The van der Waals surface area contributed by atoms with Gasteiger partial charge in [0.05, 0.1) is 5.39 Å². The Balaban J connectivity index is 1.66. The summed E-state index contributed by atoms with van der Waals surface area (Å²) in [5.41, 5.74) is 1.92. The zero-order valence-corrected chi connectivity index (χ0v) is 16.6. The van der Waals surface area contributed by atoms with Crippen LogP contribution < -0.4 is 5.56 Å². The van der Waals surface area contributed by atoms with Gasteiger partial charge in [0.1, 0.15) is 9.71 Å². The van der Waals surface area contributed by atoms with Crippen LogP contribution >= 0.6 is 22.7 Å². The van der Waals surface area contributed by atoms with E-state index in [4.69, 9.17) is 4.74 Å². The van der Waals surface area contributed by atoms with Crippen molar-refractivity contribution in [1.82, 2.24) is 9.97 Å². The smallest absolute Gasteiger partial charge is 0.349 e. The normalized spacial score (nSPS) is 17.9. The van der Waals surface area contributed by atoms with E-state index < -0.39 is 6.10 Å². The zero-order valence-electron chi connectivity index (χ0n) is 14.9. The Bertz CT molecular complexity index is 1050. The summed E-state index contributed by atoms with van der Waals surface area (Å²) in [6.45, 7) is 5.85. The molecule has 0 amide bonds. The van der Waals surface area contributed by atoms with Gasteiger partial charge in [-0.25, -0.2) is 9.78 Å². The number of fused-ring (bicyclic) bond motifs is 3. The molecule has 0 radical (unpaired) electrons. The number of nitrogens with one attached hydrogen (secondary N) is 1. The fourth-order valence-corrected chi connectivity index (χ4v) is 5.61. The van der Waals surface area contributed by atoms with Crippen LogP contribution in [-0.2, 0) is 17.6 Å². The topological polar surface area (TPSA) is 72.0 Å². The van der Waals surface area contributed by atoms with E-state index in [1.165, 1.54) is 16.2 Å². The summed E-state index contributed by atoms with van der Waals surface area (Å²) in [6, 6.07) is 1.88. The van der Waals surface area contributed by atoms with Gasteiger partial charge < -0.3 is 9.72 Å². The average molecular weight is 389 g/mol. The monoisotopic (exact) mass is 388 g/mol. The van der Waals surface area contributed by atoms with Crippen LogP contribution in [-0.4, -0.2) is 15.9 Å². The Kier molecular flexibility index (Phi) is 4.44. The van der Waals surface area contributed by atoms with Crippen molar-refractivity contribution in [2.24, 2.45) is 5.92 Å². The van der Waals surface area contributed by atoms with Crippen LogP contribution in [0.15, 0.2) is 16.2 Å². The molecule has 136 valence electrons. The maximum Gasteiger partial charge on any atom is 0.349 e. The standard InChI is InChI=1S/C19H20N2O3S2/c1-9-4-5-12-13(8-9)26-18-14(12)17(22)20-16(21-18)11(3)24-19(23)15-10(2)6-7-25-15/h6-7,9,11H,4-5,8H2,1-3H3,(H,20,21,22)/t9-,11+/m1/s1. The predicted molar refractivity (Wildman–Crippen MR) is 104 cm³/mol. The van der Waals surface area contributed by atoms with Gasteiger partial charge in [-0.2, -0.15) is 0 Å². The van der Waals surface area contributed by atoms with Crippen molar-refractivity contribution >= 4 is 38.9 Å². The number of thiophene rings is 2. The number of esters is 1. The van der Waals surface area contributed by atoms with Crippen LogP contribution in [0.25, 0.3) is 10.2 Å². The van der Waals surface area contributed by atoms with Gasteiger partial charge in [-0.15, -0.1) is 22.7 Å². The molecule has 3 heterocycles. The van der Waals surface area contributed by atoms with Crippen molar-refractivity contribution in [3.05, 3.63) is 48.5 Å². The van der Waals surface area contributed by atoms with Crippen LogP contribution in [0.1, 0.15) is 57.9 Å². The van der Waals surface area contributed by atoms with Crippen LogP contribution in [0.3, 0.4) is 0 Å². The number of carbonyl (C=O) groups excluding carboxylic acids is 1. The van der Waals surface area contributed by atoms with E-state index in [0.29, 0.717) is 22.0 Å². The maximum absolute atomic E-state index is 12.7. The third kappa shape index (κ3) is 2.99. The molecule has 1 N–H and O–H groups in total. The van der Waals surface area contributed by atoms with Crippen LogP contribution in [0.2, 0.25) is 0 Å². The first kappa shape index (κ1) is 17.4. The number of ether oxygens (including phenoxy) is 1. The number of carbonyl (C=O) groups is 1. The summed E-state index contributed by atoms with van der Waals surface area (Å²) in [4.78, 5) is 35.0. The lowest BCUT2D eigenvalue weighted by atomic mass is 9.89. The maximum atomic E-state index is 12.7. The molecule has 0 bridgehead atoms. The lowest BCUT2D eigenvalue weighted by Gasteiger charge is -2.17. The number of aromatic nitrogens is 2. The first-order valence-electron chi connectivity index (χ1n) is 8.73. The van der Waals surface area contributed by atoms with E-state index in [1.807, 2.05) is 18.4 Å². The van der Waals surface area contributed by atoms with E-state index in [2.05, 4.69) is 16.9 Å². The minimum Gasteiger partial charge on any atom is -0.450 e. The molecule has 0 aliphatic heterocycles. The molecule has 0 saturated carbocycles. The molecule has 3 aromatic rings. The number of aromatic amines is 1. The van der Waals surface area contributed by atoms with Gasteiger partial charge in [-0.1, -0.05) is 6.92 Å². The van der Waals surface area contributed by atoms with Gasteiger partial charge in [-0.3, -0.25) is 4.79 Å². The molecule has 5 nitrogen and oxygen atoms in total. The molecule has 3 aromatic heterocycles. The third-order valence-electron chi connectivity index (χ3n) is 4.90. The summed E-state index contributed by atoms with van der Waals surface area (Å²) in [5, 5.41) is 2.58. The van der Waals surface area contributed by atoms with Gasteiger partial charge in [0.2, 0.25) is 0 Å². The Morgan fingerprint density at radius 3 is 3.00 bits per heavy atom. The molecule has 0 unspecified atom stereocenters. The summed E-state index contributed by atoms with van der Waals surface area (Å²) in [6.07, 6.45) is 2.43. The number of hydrogen-bond acceptors (Lipinski definition) is 6. The number of nitrogens with zero attached hydrogens (tertiary/aromatic N) is 1. The molecule has 0 aromatic carbocycles. The second kappa shape index (κ2) is 6.63. The molecule has 0 saturated heterocycles. The number of aryl methyl sites for hydroxylation is 2. The van der Waals surface area contributed by atoms with E-state index in [1.54, 1.807) is 18.3 Å². The van der Waals surface area contributed by atoms with Crippen molar-refractivity contribution in [2.45, 2.75) is 46.1 Å². The van der Waals surface area contributed by atoms with E-state index in [0.717, 1.165) is 35.2 Å². The van der Waals surface area contributed by atoms with Crippen molar-refractivity contribution in [3.8, 4) is 0 Å². The second-order valence-electron chi connectivity index (χ2n) is 6.96. The molecular weight excluding hydrogens is 368 g/mol. The Morgan fingerprint density at radius 1 is 1.46 bits per heavy atom. The summed E-state index contributed by atoms with van der Waals surface area (Å²) >= 11 is 2.95. The Labute approximate surface area is 159 Å². The van der Waals surface area contributed by atoms with Gasteiger partial charge in [0.15, 0.2) is 11.9 Å². The van der Waals surface area contributed by atoms with Crippen LogP contribution in [0.4, 0.5) is 0 Å². The predicted octanol–water partition coefficient (Wildman–Crippen LogP) is 4.40. The largest absolute Gasteiger partial charge is 0.450 e. The van der Waals surface area contributed by atoms with Crippen molar-refractivity contribution in [3.63, 3.8) is 0 Å². The molecular formula is C19H20N2O3S2. The molecule has 0 fully saturated rings. The van der Waals surface area contributed by atoms with Crippen molar-refractivity contribution < 1.29 is 9.53 Å². The van der Waals surface area contributed by atoms with Gasteiger partial charge in [-0.05, 0) is 61.6 Å².